The van der Waals surface area contributed by atoms with Gasteiger partial charge >= 0.3 is 11.2 Å². The lowest BCUT2D eigenvalue weighted by Gasteiger charge is -2.08. The van der Waals surface area contributed by atoms with Crippen molar-refractivity contribution in [3.8, 4) is 17.9 Å². The van der Waals surface area contributed by atoms with E-state index in [-0.39, 0.29) is 17.0 Å². The van der Waals surface area contributed by atoms with E-state index >= 15 is 0 Å². The predicted molar refractivity (Wildman–Crippen MR) is 67.8 cm³/mol. The second-order valence-electron chi connectivity index (χ2n) is 3.50. The van der Waals surface area contributed by atoms with Gasteiger partial charge in [-0.1, -0.05) is 0 Å². The summed E-state index contributed by atoms with van der Waals surface area (Å²) in [7, 11) is -6.09. The fraction of sp³-hybridized carbons (Fsp3) is 0.0909. The molecule has 0 atom stereocenters. The van der Waals surface area contributed by atoms with Gasteiger partial charge in [-0.15, -0.1) is 0 Å². The molecule has 12 heteroatoms. The number of rotatable bonds is 1. The maximum Gasteiger partial charge on any atom is 0.485 e. The topological polar surface area (TPSA) is 153 Å². The van der Waals surface area contributed by atoms with Crippen LogP contribution in [0.4, 0.5) is 18.9 Å². The van der Waals surface area contributed by atoms with Gasteiger partial charge in [0.25, 0.3) is 0 Å². The molecule has 0 saturated carbocycles. The Morgan fingerprint density at radius 3 is 2.17 bits per heavy atom. The molecule has 0 spiro atoms. The minimum Gasteiger partial charge on any atom is -0.741 e. The molecule has 0 bridgehead atoms. The molecule has 8 nitrogen and oxygen atoms in total. The van der Waals surface area contributed by atoms with Gasteiger partial charge in [0.1, 0.15) is 6.07 Å². The van der Waals surface area contributed by atoms with E-state index in [4.69, 9.17) is 28.9 Å². The first-order chi connectivity index (χ1) is 10.5. The fourth-order valence-electron chi connectivity index (χ4n) is 1.02. The van der Waals surface area contributed by atoms with Crippen molar-refractivity contribution < 1.29 is 31.2 Å². The Labute approximate surface area is 127 Å². The van der Waals surface area contributed by atoms with Crippen molar-refractivity contribution in [3.63, 3.8) is 0 Å². The number of aromatic hydroxyl groups is 1. The van der Waals surface area contributed by atoms with E-state index in [2.05, 4.69) is 4.98 Å². The molecule has 23 heavy (non-hydrogen) atoms. The number of allylic oxidation sites excluding steroid dienone is 2. The van der Waals surface area contributed by atoms with Crippen LogP contribution in [-0.2, 0) is 10.1 Å². The number of phenols is 1. The highest BCUT2D eigenvalue weighted by Crippen LogP contribution is 2.29. The summed E-state index contributed by atoms with van der Waals surface area (Å²) in [5.74, 6) is -0.255. The van der Waals surface area contributed by atoms with Gasteiger partial charge in [-0.25, -0.2) is 8.42 Å². The lowest BCUT2D eigenvalue weighted by molar-refractivity contribution is -0.0517. The number of phenolic OH excluding ortho intramolecular Hbond substituents is 1. The quantitative estimate of drug-likeness (QED) is 0.354. The number of alkyl halides is 3. The fourth-order valence-corrected chi connectivity index (χ4v) is 1.02. The standard InChI is InChI=1S/C10H4N4O.CHF3O3S/c11-4-3-8(6-12)7-1-2-9(14-13)10(15)5-7;2-1(3,4)8(5,6)7/h1-3,5H;(H,5,6,7)/b8-3+;. The first-order valence-corrected chi connectivity index (χ1v) is 6.59. The Kier molecular flexibility index (Phi) is 6.69. The summed E-state index contributed by atoms with van der Waals surface area (Å²) in [4.78, 5) is 2.82. The molecule has 0 saturated heterocycles. The van der Waals surface area contributed by atoms with Gasteiger partial charge in [-0.05, 0) is 17.7 Å². The van der Waals surface area contributed by atoms with Crippen LogP contribution in [-0.4, -0.2) is 23.6 Å². The highest BCUT2D eigenvalue weighted by molar-refractivity contribution is 7.86. The summed E-state index contributed by atoms with van der Waals surface area (Å²) in [5.41, 5.74) is -5.11. The van der Waals surface area contributed by atoms with Gasteiger partial charge in [-0.2, -0.15) is 23.7 Å². The molecule has 0 unspecified atom stereocenters. The number of nitrogens with zero attached hydrogens (tertiary/aromatic N) is 4. The minimum absolute atomic E-state index is 0.00741. The van der Waals surface area contributed by atoms with Crippen LogP contribution in [0.2, 0.25) is 0 Å². The third-order valence-corrected chi connectivity index (χ3v) is 2.57. The van der Waals surface area contributed by atoms with Gasteiger partial charge in [0.2, 0.25) is 11.1 Å². The average molecular weight is 346 g/mol. The van der Waals surface area contributed by atoms with Crippen LogP contribution in [0.3, 0.4) is 0 Å². The molecular weight excluding hydrogens is 341 g/mol. The van der Waals surface area contributed by atoms with Crippen molar-refractivity contribution >= 4 is 21.4 Å². The number of hydrogen-bond donors (Lipinski definition) is 1. The molecule has 1 rings (SSSR count). The van der Waals surface area contributed by atoms with Crippen LogP contribution in [0.25, 0.3) is 10.5 Å². The first kappa shape index (κ1) is 19.9. The number of hydrogen-bond acceptors (Lipinski definition) is 7. The summed E-state index contributed by atoms with van der Waals surface area (Å²) >= 11 is 0. The Morgan fingerprint density at radius 2 is 1.87 bits per heavy atom. The minimum atomic E-state index is -6.09. The zero-order valence-electron chi connectivity index (χ0n) is 10.8. The Hall–Kier alpha value is -3.14. The lowest BCUT2D eigenvalue weighted by Crippen LogP contribution is -2.21. The van der Waals surface area contributed by atoms with Crippen molar-refractivity contribution in [2.75, 3.05) is 0 Å². The van der Waals surface area contributed by atoms with E-state index in [1.807, 2.05) is 6.07 Å². The molecule has 0 aliphatic heterocycles. The van der Waals surface area contributed by atoms with Crippen LogP contribution in [0.1, 0.15) is 5.56 Å². The molecule has 0 amide bonds. The summed E-state index contributed by atoms with van der Waals surface area (Å²) in [5, 5.41) is 34.9. The first-order valence-electron chi connectivity index (χ1n) is 5.18. The maximum atomic E-state index is 10.7. The van der Waals surface area contributed by atoms with Crippen molar-refractivity contribution in [1.29, 1.82) is 15.9 Å². The normalized spacial score (nSPS) is 11.3. The molecule has 0 aliphatic carbocycles. The summed E-state index contributed by atoms with van der Waals surface area (Å²) in [6, 6.07) is 7.61. The van der Waals surface area contributed by atoms with E-state index in [1.54, 1.807) is 6.07 Å². The molecule has 1 aromatic carbocycles. The van der Waals surface area contributed by atoms with Crippen molar-refractivity contribution in [2.45, 2.75) is 5.51 Å². The SMILES string of the molecule is N#C/C=C(\C#N)c1ccc([N+]#N)c(O)c1.O=S(=O)([O-])C(F)(F)F. The molecule has 120 valence electrons. The van der Waals surface area contributed by atoms with E-state index in [0.717, 1.165) is 6.08 Å². The van der Waals surface area contributed by atoms with Gasteiger partial charge in [0.05, 0.1) is 11.6 Å². The number of benzene rings is 1. The zero-order chi connectivity index (χ0) is 18.3. The maximum absolute atomic E-state index is 10.7. The summed E-state index contributed by atoms with van der Waals surface area (Å²) in [6.07, 6.45) is 1.07. The number of diazo groups is 1. The van der Waals surface area contributed by atoms with E-state index < -0.39 is 15.6 Å². The molecular formula is C11H5F3N4O4S. The average Bonchev–Trinajstić information content (AvgIpc) is 2.43. The molecule has 0 fully saturated rings. The third kappa shape index (κ3) is 6.01. The molecule has 1 N–H and O–H groups in total. The zero-order valence-corrected chi connectivity index (χ0v) is 11.6. The van der Waals surface area contributed by atoms with Crippen molar-refractivity contribution in [2.24, 2.45) is 0 Å². The van der Waals surface area contributed by atoms with Gasteiger partial charge in [-0.3, -0.25) is 0 Å². The second kappa shape index (κ2) is 7.75. The van der Waals surface area contributed by atoms with Crippen molar-refractivity contribution in [3.05, 3.63) is 34.8 Å². The number of halogens is 3. The largest absolute Gasteiger partial charge is 0.741 e. The van der Waals surface area contributed by atoms with E-state index in [0.29, 0.717) is 5.56 Å². The van der Waals surface area contributed by atoms with Crippen molar-refractivity contribution in [1.82, 2.24) is 0 Å². The molecule has 0 heterocycles. The predicted octanol–water partition coefficient (Wildman–Crippen LogP) is 2.36. The highest BCUT2D eigenvalue weighted by Gasteiger charge is 2.36. The molecule has 1 aromatic rings. The van der Waals surface area contributed by atoms with Gasteiger partial charge in [0.15, 0.2) is 15.1 Å². The van der Waals surface area contributed by atoms with E-state index in [1.165, 1.54) is 18.2 Å². The molecule has 0 radical (unpaired) electrons. The molecule has 0 aromatic heterocycles. The smallest absolute Gasteiger partial charge is 0.485 e. The van der Waals surface area contributed by atoms with E-state index in [9.17, 15) is 18.3 Å². The highest BCUT2D eigenvalue weighted by atomic mass is 32.2. The Balaban J connectivity index is 0.000000515. The van der Waals surface area contributed by atoms with Gasteiger partial charge < -0.3 is 9.66 Å². The second-order valence-corrected chi connectivity index (χ2v) is 4.87. The van der Waals surface area contributed by atoms with Crippen LogP contribution >= 0.6 is 0 Å². The molecule has 0 aliphatic rings. The lowest BCUT2D eigenvalue weighted by atomic mass is 10.1. The summed E-state index contributed by atoms with van der Waals surface area (Å²) < 4.78 is 58.9. The third-order valence-electron chi connectivity index (χ3n) is 2.01. The van der Waals surface area contributed by atoms with Crippen LogP contribution in [0.15, 0.2) is 24.3 Å². The Morgan fingerprint density at radius 1 is 1.35 bits per heavy atom. The Bertz CT molecular complexity index is 842. The monoisotopic (exact) mass is 346 g/mol. The van der Waals surface area contributed by atoms with Gasteiger partial charge in [0, 0.05) is 12.1 Å². The van der Waals surface area contributed by atoms with Crippen LogP contribution in [0, 0.1) is 28.1 Å². The summed E-state index contributed by atoms with van der Waals surface area (Å²) in [6.45, 7) is 0. The van der Waals surface area contributed by atoms with Crippen LogP contribution in [0.5, 0.6) is 5.75 Å². The number of nitriles is 2. The van der Waals surface area contributed by atoms with Crippen LogP contribution < -0.4 is 0 Å².